The van der Waals surface area contributed by atoms with Crippen LogP contribution in [0.1, 0.15) is 40.4 Å². The van der Waals surface area contributed by atoms with Gasteiger partial charge in [0.15, 0.2) is 17.3 Å². The highest BCUT2D eigenvalue weighted by atomic mass is 35.5. The third-order valence-electron chi connectivity index (χ3n) is 9.66. The molecule has 3 aliphatic heterocycles. The molecule has 0 aromatic heterocycles. The van der Waals surface area contributed by atoms with Crippen molar-refractivity contribution in [1.29, 1.82) is 0 Å². The van der Waals surface area contributed by atoms with Crippen molar-refractivity contribution in [1.82, 2.24) is 25.3 Å². The first-order valence-electron chi connectivity index (χ1n) is 17.0. The average molecular weight is 819 g/mol. The number of fused-ring (bicyclic) bond motifs is 1. The Balaban J connectivity index is 1.12. The number of hydrogen-bond donors (Lipinski definition) is 9. The van der Waals surface area contributed by atoms with E-state index in [4.69, 9.17) is 16.3 Å². The van der Waals surface area contributed by atoms with Crippen LogP contribution in [-0.2, 0) is 15.8 Å². The number of halogens is 2. The molecule has 2 fully saturated rings. The summed E-state index contributed by atoms with van der Waals surface area (Å²) in [4.78, 5) is 88.3. The van der Waals surface area contributed by atoms with Gasteiger partial charge in [0, 0.05) is 38.3 Å². The number of hydrogen-bond acceptors (Lipinski definition) is 10. The van der Waals surface area contributed by atoms with Crippen LogP contribution in [0, 0.1) is 5.82 Å². The number of amides is 7. The van der Waals surface area contributed by atoms with Crippen LogP contribution in [0.3, 0.4) is 0 Å². The van der Waals surface area contributed by atoms with Gasteiger partial charge < -0.3 is 60.5 Å². The number of carboxylic acids is 1. The number of carboxylic acid groups (broad SMARTS) is 1. The lowest BCUT2D eigenvalue weighted by atomic mass is 9.72. The van der Waals surface area contributed by atoms with Crippen LogP contribution in [0.25, 0.3) is 0 Å². The molecule has 3 heterocycles. The van der Waals surface area contributed by atoms with E-state index in [2.05, 4.69) is 16.0 Å². The number of nitrogens with one attached hydrogen (secondary N) is 3. The van der Waals surface area contributed by atoms with Crippen LogP contribution in [-0.4, -0.2) is 120 Å². The SMILES string of the molecule is O=C(O)c1cccc2c1OB(O)[C@@H](NC(=O)[C@H](NC(=O)N1CCN(C3CCN(C(=O)Nc4cc(F)c(O)c(O)c4Cl)CC3)C1=O)c1ccc(P(=O)(O)O)cc1)C2. The zero-order valence-electron chi connectivity index (χ0n) is 29.0. The zero-order chi connectivity index (χ0) is 40.6. The van der Waals surface area contributed by atoms with Gasteiger partial charge >= 0.3 is 38.8 Å². The second-order valence-corrected chi connectivity index (χ2v) is 15.1. The van der Waals surface area contributed by atoms with E-state index in [-0.39, 0.29) is 73.3 Å². The minimum atomic E-state index is -4.68. The Kier molecular flexibility index (Phi) is 11.4. The molecule has 3 aromatic carbocycles. The Labute approximate surface area is 321 Å². The zero-order valence-corrected chi connectivity index (χ0v) is 30.6. The third-order valence-corrected chi connectivity index (χ3v) is 11.0. The first kappa shape index (κ1) is 40.1. The van der Waals surface area contributed by atoms with Crippen LogP contribution in [0.15, 0.2) is 48.5 Å². The second-order valence-electron chi connectivity index (χ2n) is 13.1. The number of aromatic hydroxyl groups is 2. The van der Waals surface area contributed by atoms with Crippen molar-refractivity contribution >= 4 is 67.3 Å². The molecule has 2 saturated heterocycles. The van der Waals surface area contributed by atoms with Crippen LogP contribution in [0.4, 0.5) is 24.5 Å². The van der Waals surface area contributed by atoms with E-state index in [1.54, 1.807) is 6.07 Å². The summed E-state index contributed by atoms with van der Waals surface area (Å²) >= 11 is 5.93. The summed E-state index contributed by atoms with van der Waals surface area (Å²) in [5.74, 6) is -6.59. The van der Waals surface area contributed by atoms with Gasteiger partial charge in [-0.1, -0.05) is 35.9 Å². The van der Waals surface area contributed by atoms with Crippen LogP contribution < -0.4 is 25.9 Å². The average Bonchev–Trinajstić information content (AvgIpc) is 3.55. The molecule has 0 radical (unpaired) electrons. The predicted molar refractivity (Wildman–Crippen MR) is 194 cm³/mol. The largest absolute Gasteiger partial charge is 0.547 e. The summed E-state index contributed by atoms with van der Waals surface area (Å²) in [6, 6.07) is 5.31. The number of carbonyl (C=O) groups is 5. The predicted octanol–water partition coefficient (Wildman–Crippen LogP) is 1.72. The van der Waals surface area contributed by atoms with E-state index in [0.717, 1.165) is 23.1 Å². The molecule has 19 nitrogen and oxygen atoms in total. The molecular formula is C33H34BClFN6O13P. The van der Waals surface area contributed by atoms with Gasteiger partial charge in [-0.2, -0.15) is 0 Å². The molecule has 23 heteroatoms. The van der Waals surface area contributed by atoms with Crippen LogP contribution in [0.5, 0.6) is 17.2 Å². The lowest BCUT2D eigenvalue weighted by molar-refractivity contribution is -0.123. The number of anilines is 1. The highest BCUT2D eigenvalue weighted by Crippen LogP contribution is 2.41. The number of aromatic carboxylic acids is 1. The van der Waals surface area contributed by atoms with Crippen molar-refractivity contribution < 1.29 is 67.7 Å². The molecule has 2 atom stereocenters. The summed E-state index contributed by atoms with van der Waals surface area (Å²) in [5, 5.41) is 46.2. The molecular weight excluding hydrogens is 785 g/mol. The maximum Gasteiger partial charge on any atom is 0.547 e. The molecule has 7 amide bonds. The Morgan fingerprint density at radius 2 is 1.66 bits per heavy atom. The van der Waals surface area contributed by atoms with Gasteiger partial charge in [0.05, 0.1) is 22.5 Å². The number of piperidine rings is 1. The fourth-order valence-corrected chi connectivity index (χ4v) is 7.42. The standard InChI is InChI=1S/C33H34BClFN6O13P/c35-24-22(15-21(36)26(43)27(24)44)37-31(48)40-10-8-18(9-11-40)41-12-13-42(33(41)50)32(49)39-25(16-4-6-19(7-5-16)56(52,53)54)29(45)38-23-14-17-2-1-3-20(30(46)47)28(17)55-34(23)51/h1-7,15,18,23,25,43-44,51H,8-14H2,(H,37,48)(H,38,45)(H,39,49)(H,46,47)(H2,52,53,54)/t23-,25+/m0/s1. The molecule has 0 aliphatic carbocycles. The van der Waals surface area contributed by atoms with Crippen molar-refractivity contribution in [3.63, 3.8) is 0 Å². The molecule has 6 rings (SSSR count). The van der Waals surface area contributed by atoms with Crippen LogP contribution in [0.2, 0.25) is 5.02 Å². The summed E-state index contributed by atoms with van der Waals surface area (Å²) in [6.45, 7) is 0.315. The maximum atomic E-state index is 13.9. The Morgan fingerprint density at radius 3 is 2.30 bits per heavy atom. The quantitative estimate of drug-likeness (QED) is 0.0679. The van der Waals surface area contributed by atoms with Crippen molar-refractivity contribution in [2.75, 3.05) is 31.5 Å². The van der Waals surface area contributed by atoms with E-state index in [9.17, 15) is 63.1 Å². The molecule has 3 aliphatic rings. The number of benzene rings is 3. The van der Waals surface area contributed by atoms with E-state index < -0.39 is 85.0 Å². The molecule has 296 valence electrons. The molecule has 0 unspecified atom stereocenters. The molecule has 56 heavy (non-hydrogen) atoms. The van der Waals surface area contributed by atoms with E-state index in [1.807, 2.05) is 0 Å². The summed E-state index contributed by atoms with van der Waals surface area (Å²) in [5.41, 5.74) is -0.0273. The number of phenolic OH excluding ortho intramolecular Hbond substituents is 2. The number of imide groups is 1. The first-order chi connectivity index (χ1) is 26.4. The van der Waals surface area contributed by atoms with Gasteiger partial charge in [-0.05, 0) is 48.6 Å². The maximum absolute atomic E-state index is 13.9. The Morgan fingerprint density at radius 1 is 0.982 bits per heavy atom. The fourth-order valence-electron chi connectivity index (χ4n) is 6.69. The molecule has 0 spiro atoms. The molecule has 3 aromatic rings. The van der Waals surface area contributed by atoms with Gasteiger partial charge in [0.2, 0.25) is 5.91 Å². The lowest BCUT2D eigenvalue weighted by Gasteiger charge is -2.36. The smallest absolute Gasteiger partial charge is 0.534 e. The second kappa shape index (κ2) is 15.9. The number of carbonyl (C=O) groups excluding carboxylic acids is 4. The summed E-state index contributed by atoms with van der Waals surface area (Å²) < 4.78 is 31.2. The highest BCUT2D eigenvalue weighted by molar-refractivity contribution is 7.60. The summed E-state index contributed by atoms with van der Waals surface area (Å²) in [6.07, 6.45) is 0.517. The van der Waals surface area contributed by atoms with Gasteiger partial charge in [0.25, 0.3) is 0 Å². The highest BCUT2D eigenvalue weighted by Gasteiger charge is 2.42. The van der Waals surface area contributed by atoms with Crippen molar-refractivity contribution in [3.05, 3.63) is 76.1 Å². The Bertz CT molecular complexity index is 2140. The Hall–Kier alpha value is -5.60. The molecule has 9 N–H and O–H groups in total. The third kappa shape index (κ3) is 8.17. The van der Waals surface area contributed by atoms with Crippen LogP contribution >= 0.6 is 19.2 Å². The molecule has 0 bridgehead atoms. The van der Waals surface area contributed by atoms with Gasteiger partial charge in [-0.15, -0.1) is 0 Å². The summed E-state index contributed by atoms with van der Waals surface area (Å²) in [7, 11) is -6.38. The number of likely N-dealkylation sites (tertiary alicyclic amines) is 1. The van der Waals surface area contributed by atoms with Gasteiger partial charge in [0.1, 0.15) is 16.8 Å². The van der Waals surface area contributed by atoms with E-state index in [1.165, 1.54) is 34.1 Å². The van der Waals surface area contributed by atoms with Crippen molar-refractivity contribution in [2.24, 2.45) is 0 Å². The monoisotopic (exact) mass is 818 g/mol. The van der Waals surface area contributed by atoms with E-state index >= 15 is 0 Å². The number of phenols is 2. The lowest BCUT2D eigenvalue weighted by Crippen LogP contribution is -2.56. The number of nitrogens with zero attached hydrogens (tertiary/aromatic N) is 3. The number of para-hydroxylation sites is 1. The number of rotatable bonds is 8. The first-order valence-corrected chi connectivity index (χ1v) is 18.9. The number of urea groups is 3. The minimum absolute atomic E-state index is 0.0616. The van der Waals surface area contributed by atoms with Gasteiger partial charge in [-0.3, -0.25) is 9.36 Å². The molecule has 0 saturated carbocycles. The topological polar surface area (TPSA) is 279 Å². The van der Waals surface area contributed by atoms with Crippen molar-refractivity contribution in [3.8, 4) is 17.2 Å². The van der Waals surface area contributed by atoms with Gasteiger partial charge in [-0.25, -0.2) is 28.5 Å². The van der Waals surface area contributed by atoms with E-state index in [0.29, 0.717) is 5.56 Å². The fraction of sp³-hybridized carbons (Fsp3) is 0.303. The minimum Gasteiger partial charge on any atom is -0.534 e. The van der Waals surface area contributed by atoms with Crippen molar-refractivity contribution in [2.45, 2.75) is 37.3 Å². The normalized spacial score (nSPS) is 17.9.